The molecule has 0 unspecified atom stereocenters. The molecule has 0 fully saturated rings. The van der Waals surface area contributed by atoms with E-state index in [2.05, 4.69) is 20.6 Å². The lowest BCUT2D eigenvalue weighted by Crippen LogP contribution is -2.36. The van der Waals surface area contributed by atoms with Crippen molar-refractivity contribution in [2.75, 3.05) is 26.0 Å². The summed E-state index contributed by atoms with van der Waals surface area (Å²) >= 11 is 0.919. The van der Waals surface area contributed by atoms with E-state index >= 15 is 0 Å². The Morgan fingerprint density at radius 1 is 1.22 bits per heavy atom. The van der Waals surface area contributed by atoms with Crippen LogP contribution in [-0.2, 0) is 19.3 Å². The second-order valence-corrected chi connectivity index (χ2v) is 6.53. The molecule has 1 aromatic heterocycles. The third kappa shape index (κ3) is 6.79. The molecule has 0 saturated heterocycles. The number of rotatable bonds is 5. The molecule has 0 radical (unpaired) electrons. The van der Waals surface area contributed by atoms with Gasteiger partial charge >= 0.3 is 6.18 Å². The predicted octanol–water partition coefficient (Wildman–Crippen LogP) is 3.85. The third-order valence-corrected chi connectivity index (χ3v) is 4.28. The number of halogens is 5. The zero-order chi connectivity index (χ0) is 19.3. The van der Waals surface area contributed by atoms with E-state index in [1.807, 2.05) is 0 Å². The van der Waals surface area contributed by atoms with Crippen LogP contribution in [0.15, 0.2) is 28.6 Å². The highest BCUT2D eigenvalue weighted by Crippen LogP contribution is 2.29. The number of nitrogens with one attached hydrogen (secondary N) is 2. The van der Waals surface area contributed by atoms with Crippen molar-refractivity contribution in [2.24, 2.45) is 4.99 Å². The Bertz CT molecular complexity index is 776. The highest BCUT2D eigenvalue weighted by atomic mass is 127. The Labute approximate surface area is 175 Å². The summed E-state index contributed by atoms with van der Waals surface area (Å²) in [5, 5.41) is 7.13. The average Bonchev–Trinajstić information content (AvgIpc) is 3.04. The van der Waals surface area contributed by atoms with E-state index in [-0.39, 0.29) is 36.3 Å². The van der Waals surface area contributed by atoms with Gasteiger partial charge in [-0.1, -0.05) is 6.07 Å². The fourth-order valence-electron chi connectivity index (χ4n) is 2.11. The monoisotopic (exact) mass is 517 g/mol. The molecule has 1 heterocycles. The number of benzene rings is 1. The third-order valence-electron chi connectivity index (χ3n) is 3.43. The Hall–Kier alpha value is -1.63. The first-order valence-electron chi connectivity index (χ1n) is 7.62. The van der Waals surface area contributed by atoms with Crippen LogP contribution in [0, 0.1) is 5.82 Å². The Morgan fingerprint density at radius 2 is 1.89 bits per heavy atom. The number of nitrogens with zero attached hydrogens (tertiary/aromatic N) is 3. The van der Waals surface area contributed by atoms with Crippen molar-refractivity contribution in [3.05, 3.63) is 45.7 Å². The number of hydrogen-bond donors (Lipinski definition) is 2. The summed E-state index contributed by atoms with van der Waals surface area (Å²) in [7, 11) is 5.05. The summed E-state index contributed by atoms with van der Waals surface area (Å²) in [6.07, 6.45) is -4.45. The van der Waals surface area contributed by atoms with Gasteiger partial charge in [0.05, 0.1) is 12.2 Å². The van der Waals surface area contributed by atoms with Crippen molar-refractivity contribution in [3.8, 4) is 0 Å². The minimum absolute atomic E-state index is 0. The smallest absolute Gasteiger partial charge is 0.375 e. The van der Waals surface area contributed by atoms with Crippen LogP contribution in [-0.4, -0.2) is 32.1 Å². The highest BCUT2D eigenvalue weighted by Gasteiger charge is 2.33. The quantitative estimate of drug-likeness (QED) is 0.274. The lowest BCUT2D eigenvalue weighted by Gasteiger charge is -2.15. The maximum absolute atomic E-state index is 14.0. The lowest BCUT2D eigenvalue weighted by atomic mass is 10.2. The zero-order valence-electron chi connectivity index (χ0n) is 14.9. The summed E-state index contributed by atoms with van der Waals surface area (Å²) in [5.74, 6) is 0.0468. The minimum atomic E-state index is -4.45. The normalized spacial score (nSPS) is 11.7. The van der Waals surface area contributed by atoms with Crippen LogP contribution >= 0.6 is 35.3 Å². The fourth-order valence-corrected chi connectivity index (χ4v) is 2.85. The van der Waals surface area contributed by atoms with Gasteiger partial charge in [0.1, 0.15) is 10.8 Å². The van der Waals surface area contributed by atoms with Gasteiger partial charge in [-0.2, -0.15) is 13.2 Å². The topological polar surface area (TPSA) is 52.6 Å². The Kier molecular flexibility index (Phi) is 8.72. The fraction of sp³-hybridized carbons (Fsp3) is 0.375. The van der Waals surface area contributed by atoms with E-state index in [1.165, 1.54) is 13.1 Å². The van der Waals surface area contributed by atoms with Gasteiger partial charge in [0.2, 0.25) is 0 Å². The number of guanidine groups is 1. The molecule has 0 aliphatic heterocycles. The van der Waals surface area contributed by atoms with E-state index in [0.29, 0.717) is 28.8 Å². The van der Waals surface area contributed by atoms with E-state index in [0.717, 1.165) is 16.7 Å². The molecule has 0 atom stereocenters. The first kappa shape index (κ1) is 23.4. The summed E-state index contributed by atoms with van der Waals surface area (Å²) in [6, 6.07) is 4.89. The number of aromatic nitrogens is 1. The number of alkyl halides is 3. The van der Waals surface area contributed by atoms with Gasteiger partial charge in [-0.3, -0.25) is 4.99 Å². The van der Waals surface area contributed by atoms with E-state index in [9.17, 15) is 17.6 Å². The van der Waals surface area contributed by atoms with Gasteiger partial charge < -0.3 is 15.5 Å². The van der Waals surface area contributed by atoms with Crippen LogP contribution in [0.1, 0.15) is 16.3 Å². The summed E-state index contributed by atoms with van der Waals surface area (Å²) in [6.45, 7) is 0.421. The van der Waals surface area contributed by atoms with Gasteiger partial charge in [0.15, 0.2) is 11.7 Å². The molecule has 1 aromatic carbocycles. The summed E-state index contributed by atoms with van der Waals surface area (Å²) in [5.41, 5.74) is 0.295. The molecule has 0 spiro atoms. The molecule has 150 valence electrons. The lowest BCUT2D eigenvalue weighted by molar-refractivity contribution is -0.140. The molecule has 11 heteroatoms. The maximum atomic E-state index is 14.0. The van der Waals surface area contributed by atoms with Crippen LogP contribution in [0.25, 0.3) is 0 Å². The molecule has 0 amide bonds. The largest absolute Gasteiger partial charge is 0.434 e. The molecule has 2 rings (SSSR count). The SMILES string of the molecule is CN=C(NCc1ccc(N(C)C)c(F)c1)NCc1nc(C(F)(F)F)cs1.I. The van der Waals surface area contributed by atoms with Gasteiger partial charge in [-0.25, -0.2) is 9.37 Å². The standard InChI is InChI=1S/C16H19F4N5S.HI/c1-21-15(23-8-14-24-13(9-26-14)16(18,19)20)22-7-10-4-5-12(25(2)3)11(17)6-10;/h4-6,9H,7-8H2,1-3H3,(H2,21,22,23);1H. The van der Waals surface area contributed by atoms with Crippen LogP contribution in [0.2, 0.25) is 0 Å². The van der Waals surface area contributed by atoms with Gasteiger partial charge in [-0.05, 0) is 17.7 Å². The van der Waals surface area contributed by atoms with Gasteiger partial charge in [-0.15, -0.1) is 35.3 Å². The molecule has 0 aliphatic rings. The average molecular weight is 517 g/mol. The molecular formula is C16H20F4IN5S. The number of aliphatic imine (C=N–C) groups is 1. The van der Waals surface area contributed by atoms with Crippen molar-refractivity contribution in [1.29, 1.82) is 0 Å². The van der Waals surface area contributed by atoms with Crippen molar-refractivity contribution in [1.82, 2.24) is 15.6 Å². The van der Waals surface area contributed by atoms with Crippen LogP contribution in [0.3, 0.4) is 0 Å². The Balaban J connectivity index is 0.00000364. The first-order chi connectivity index (χ1) is 12.2. The number of thiazole rings is 1. The van der Waals surface area contributed by atoms with Crippen molar-refractivity contribution >= 4 is 47.0 Å². The molecular weight excluding hydrogens is 497 g/mol. The van der Waals surface area contributed by atoms with Crippen molar-refractivity contribution in [2.45, 2.75) is 19.3 Å². The van der Waals surface area contributed by atoms with Crippen LogP contribution in [0.4, 0.5) is 23.2 Å². The van der Waals surface area contributed by atoms with E-state index in [1.54, 1.807) is 31.1 Å². The van der Waals surface area contributed by atoms with Crippen LogP contribution < -0.4 is 15.5 Å². The second kappa shape index (κ2) is 10.1. The molecule has 27 heavy (non-hydrogen) atoms. The van der Waals surface area contributed by atoms with Gasteiger partial charge in [0.25, 0.3) is 0 Å². The van der Waals surface area contributed by atoms with Crippen LogP contribution in [0.5, 0.6) is 0 Å². The zero-order valence-corrected chi connectivity index (χ0v) is 18.0. The molecule has 0 aliphatic carbocycles. The van der Waals surface area contributed by atoms with E-state index in [4.69, 9.17) is 0 Å². The molecule has 0 bridgehead atoms. The number of hydrogen-bond acceptors (Lipinski definition) is 4. The Morgan fingerprint density at radius 3 is 2.41 bits per heavy atom. The highest BCUT2D eigenvalue weighted by molar-refractivity contribution is 14.0. The molecule has 2 N–H and O–H groups in total. The number of anilines is 1. The molecule has 5 nitrogen and oxygen atoms in total. The first-order valence-corrected chi connectivity index (χ1v) is 8.50. The summed E-state index contributed by atoms with van der Waals surface area (Å²) < 4.78 is 51.6. The van der Waals surface area contributed by atoms with Crippen molar-refractivity contribution < 1.29 is 17.6 Å². The second-order valence-electron chi connectivity index (χ2n) is 5.58. The molecule has 0 saturated carbocycles. The molecule has 2 aromatic rings. The van der Waals surface area contributed by atoms with Crippen molar-refractivity contribution in [3.63, 3.8) is 0 Å². The van der Waals surface area contributed by atoms with E-state index < -0.39 is 11.9 Å². The van der Waals surface area contributed by atoms with Gasteiger partial charge in [0, 0.05) is 33.1 Å². The summed E-state index contributed by atoms with van der Waals surface area (Å²) in [4.78, 5) is 9.20. The minimum Gasteiger partial charge on any atom is -0.375 e. The maximum Gasteiger partial charge on any atom is 0.434 e. The predicted molar refractivity (Wildman–Crippen MR) is 110 cm³/mol.